The van der Waals surface area contributed by atoms with Crippen LogP contribution in [0.15, 0.2) is 59.8 Å². The highest BCUT2D eigenvalue weighted by molar-refractivity contribution is 6.00. The third-order valence-corrected chi connectivity index (χ3v) is 13.4. The molecular formula is C51H82N4O12. The first-order chi connectivity index (χ1) is 31.8. The molecule has 5 N–H and O–H groups in total. The Labute approximate surface area is 399 Å². The Hall–Kier alpha value is -3.55. The normalized spacial score (nSPS) is 33.1. The Morgan fingerprint density at radius 2 is 1.51 bits per heavy atom. The lowest BCUT2D eigenvalue weighted by molar-refractivity contribution is -0.295. The SMILES string of the molecule is CC[C@H]1OC(=O)[C@H](C)C(=O)[C@H](C)[C@@H](O[C@@H]2O[C@H](C)C[C@H](N(C)C)[C@H]2O)[C@@](C)(OC)C[C@@H](C)/C(=N\OCCNCCCOCCCNCc2ccc(Oc3ccccc3)cc2)[C@@H](C)[C@@H](O)[C@]1(C)O. The summed E-state index contributed by atoms with van der Waals surface area (Å²) in [5.74, 6) is -3.11. The summed E-state index contributed by atoms with van der Waals surface area (Å²) in [6, 6.07) is 17.5. The van der Waals surface area contributed by atoms with Crippen molar-refractivity contribution in [3.63, 3.8) is 0 Å². The number of likely N-dealkylation sites (N-methyl/N-ethyl adjacent to an activating group) is 1. The number of ketones is 1. The molecule has 2 aliphatic rings. The first-order valence-electron chi connectivity index (χ1n) is 24.2. The van der Waals surface area contributed by atoms with Crippen molar-refractivity contribution in [1.82, 2.24) is 15.5 Å². The summed E-state index contributed by atoms with van der Waals surface area (Å²) in [7, 11) is 5.28. The largest absolute Gasteiger partial charge is 0.459 e. The average molecular weight is 943 g/mol. The number of aliphatic hydroxyl groups is 3. The number of nitrogens with zero attached hydrogens (tertiary/aromatic N) is 2. The van der Waals surface area contributed by atoms with Crippen molar-refractivity contribution in [2.45, 2.75) is 148 Å². The van der Waals surface area contributed by atoms with E-state index in [9.17, 15) is 24.9 Å². The van der Waals surface area contributed by atoms with Crippen molar-refractivity contribution in [2.75, 3.05) is 60.7 Å². The number of oxime groups is 1. The Morgan fingerprint density at radius 3 is 2.13 bits per heavy atom. The van der Waals surface area contributed by atoms with Crippen LogP contribution in [0.5, 0.6) is 11.5 Å². The number of hydrogen-bond acceptors (Lipinski definition) is 16. The van der Waals surface area contributed by atoms with Gasteiger partial charge in [0.1, 0.15) is 41.8 Å². The van der Waals surface area contributed by atoms with Gasteiger partial charge < -0.3 is 64.1 Å². The Bertz CT molecular complexity index is 1800. The van der Waals surface area contributed by atoms with Gasteiger partial charge in [0.25, 0.3) is 0 Å². The van der Waals surface area contributed by atoms with Crippen molar-refractivity contribution in [1.29, 1.82) is 0 Å². The predicted octanol–water partition coefficient (Wildman–Crippen LogP) is 5.49. The molecule has 2 fully saturated rings. The standard InChI is InChI=1S/C51H82N4O12/c1-12-42-51(8,60)46(58)35(4)43(54-63-29-26-52-24-16-27-62-28-17-25-53-32-38-20-22-40(23-21-38)65-39-18-14-13-15-19-39)33(2)31-50(7,61-11)47(36(5)44(56)37(6)48(59)66-42)67-49-45(57)41(55(9)10)30-34(3)64-49/h13-15,18-23,33-37,41-42,45-47,49,52-53,57-58,60H,12,16-17,24-32H2,1-11H3/b54-43+/t33-,34-,35-,36+,37-,41+,42-,45-,46-,47-,49+,50+,51-/m1/s1. The number of carbonyl (C=O) groups excluding carboxylic acids is 2. The Balaban J connectivity index is 1.34. The summed E-state index contributed by atoms with van der Waals surface area (Å²) >= 11 is 0. The van der Waals surface area contributed by atoms with Gasteiger partial charge in [-0.25, -0.2) is 0 Å². The number of Topliss-reactive ketones (excluding diaryl/α,β-unsaturated/α-hetero) is 1. The van der Waals surface area contributed by atoms with Crippen LogP contribution in [0.3, 0.4) is 0 Å². The molecule has 0 amide bonds. The highest BCUT2D eigenvalue weighted by Crippen LogP contribution is 2.39. The quantitative estimate of drug-likeness (QED) is 0.0455. The van der Waals surface area contributed by atoms with Crippen molar-refractivity contribution < 1.29 is 58.2 Å². The number of rotatable bonds is 21. The van der Waals surface area contributed by atoms with Crippen LogP contribution in [0.4, 0.5) is 0 Å². The van der Waals surface area contributed by atoms with Gasteiger partial charge in [-0.2, -0.15) is 0 Å². The molecule has 2 aromatic rings. The summed E-state index contributed by atoms with van der Waals surface area (Å²) in [4.78, 5) is 35.7. The van der Waals surface area contributed by atoms with Crippen LogP contribution < -0.4 is 15.4 Å². The maximum Gasteiger partial charge on any atom is 0.316 e. The van der Waals surface area contributed by atoms with Crippen LogP contribution in [0.2, 0.25) is 0 Å². The van der Waals surface area contributed by atoms with Crippen molar-refractivity contribution >= 4 is 17.5 Å². The fraction of sp³-hybridized carbons (Fsp3) is 0.706. The van der Waals surface area contributed by atoms with Gasteiger partial charge in [0.15, 0.2) is 12.1 Å². The third-order valence-electron chi connectivity index (χ3n) is 13.4. The molecule has 2 heterocycles. The molecule has 0 unspecified atom stereocenters. The van der Waals surface area contributed by atoms with E-state index in [1.54, 1.807) is 20.8 Å². The molecule has 16 heteroatoms. The highest BCUT2D eigenvalue weighted by Gasteiger charge is 2.51. The van der Waals surface area contributed by atoms with Crippen LogP contribution >= 0.6 is 0 Å². The second kappa shape index (κ2) is 27.0. The van der Waals surface area contributed by atoms with E-state index >= 15 is 0 Å². The number of nitrogens with one attached hydrogen (secondary N) is 2. The molecule has 13 atom stereocenters. The minimum Gasteiger partial charge on any atom is -0.459 e. The fourth-order valence-electron chi connectivity index (χ4n) is 9.21. The zero-order valence-electron chi connectivity index (χ0n) is 41.9. The highest BCUT2D eigenvalue weighted by atomic mass is 16.7. The predicted molar refractivity (Wildman–Crippen MR) is 257 cm³/mol. The van der Waals surface area contributed by atoms with Crippen LogP contribution in [0.25, 0.3) is 0 Å². The molecule has 4 rings (SSSR count). The van der Waals surface area contributed by atoms with Gasteiger partial charge >= 0.3 is 5.97 Å². The van der Waals surface area contributed by atoms with Gasteiger partial charge in [-0.1, -0.05) is 63.2 Å². The first kappa shape index (κ1) is 56.0. The zero-order valence-corrected chi connectivity index (χ0v) is 41.9. The number of benzene rings is 2. The van der Waals surface area contributed by atoms with E-state index in [1.165, 1.54) is 26.5 Å². The van der Waals surface area contributed by atoms with Crippen molar-refractivity contribution in [3.8, 4) is 11.5 Å². The summed E-state index contributed by atoms with van der Waals surface area (Å²) in [6.07, 6.45) is -3.37. The molecule has 67 heavy (non-hydrogen) atoms. The number of esters is 1. The number of para-hydroxylation sites is 1. The van der Waals surface area contributed by atoms with Crippen molar-refractivity contribution in [2.24, 2.45) is 28.8 Å². The average Bonchev–Trinajstić information content (AvgIpc) is 3.31. The van der Waals surface area contributed by atoms with Gasteiger partial charge in [0, 0.05) is 57.2 Å². The number of carbonyl (C=O) groups is 2. The molecule has 2 aromatic carbocycles. The van der Waals surface area contributed by atoms with E-state index in [2.05, 4.69) is 27.9 Å². The molecule has 2 aliphatic heterocycles. The molecule has 2 saturated heterocycles. The maximum atomic E-state index is 14.2. The van der Waals surface area contributed by atoms with Gasteiger partial charge in [0.2, 0.25) is 0 Å². The Kier molecular flexibility index (Phi) is 22.6. The molecule has 0 spiro atoms. The molecule has 0 aromatic heterocycles. The van der Waals surface area contributed by atoms with E-state index in [0.717, 1.165) is 37.4 Å². The van der Waals surface area contributed by atoms with Crippen LogP contribution in [-0.4, -0.2) is 152 Å². The number of aliphatic hydroxyl groups excluding tert-OH is 2. The summed E-state index contributed by atoms with van der Waals surface area (Å²) in [5.41, 5.74) is -1.53. The van der Waals surface area contributed by atoms with Gasteiger partial charge in [-0.05, 0) is 117 Å². The zero-order chi connectivity index (χ0) is 49.3. The van der Waals surface area contributed by atoms with E-state index in [1.807, 2.05) is 82.2 Å². The van der Waals surface area contributed by atoms with E-state index in [4.69, 9.17) is 33.3 Å². The molecular weight excluding hydrogens is 861 g/mol. The molecule has 0 saturated carbocycles. The van der Waals surface area contributed by atoms with E-state index < -0.39 is 77.3 Å². The number of ether oxygens (including phenoxy) is 6. The number of cyclic esters (lactones) is 1. The topological polar surface area (TPSA) is 199 Å². The van der Waals surface area contributed by atoms with E-state index in [0.29, 0.717) is 38.4 Å². The van der Waals surface area contributed by atoms with Crippen LogP contribution in [-0.2, 0) is 44.7 Å². The van der Waals surface area contributed by atoms with Crippen LogP contribution in [0, 0.1) is 23.7 Å². The fourth-order valence-corrected chi connectivity index (χ4v) is 9.21. The maximum absolute atomic E-state index is 14.2. The lowest BCUT2D eigenvalue weighted by Crippen LogP contribution is -2.60. The van der Waals surface area contributed by atoms with Gasteiger partial charge in [-0.3, -0.25) is 9.59 Å². The molecule has 0 aliphatic carbocycles. The van der Waals surface area contributed by atoms with E-state index in [-0.39, 0.29) is 31.6 Å². The minimum atomic E-state index is -1.92. The second-order valence-corrected chi connectivity index (χ2v) is 19.1. The van der Waals surface area contributed by atoms with Gasteiger partial charge in [0.05, 0.1) is 29.6 Å². The molecule has 0 radical (unpaired) electrons. The molecule has 16 nitrogen and oxygen atoms in total. The second-order valence-electron chi connectivity index (χ2n) is 19.1. The lowest BCUT2D eigenvalue weighted by atomic mass is 9.74. The Morgan fingerprint density at radius 1 is 0.866 bits per heavy atom. The lowest BCUT2D eigenvalue weighted by Gasteiger charge is -2.47. The van der Waals surface area contributed by atoms with Crippen molar-refractivity contribution in [3.05, 3.63) is 60.2 Å². The minimum absolute atomic E-state index is 0.170. The summed E-state index contributed by atoms with van der Waals surface area (Å²) in [6.45, 7) is 18.0. The smallest absolute Gasteiger partial charge is 0.316 e. The third kappa shape index (κ3) is 16.0. The number of hydrogen-bond donors (Lipinski definition) is 5. The number of methoxy groups -OCH3 is 1. The summed E-state index contributed by atoms with van der Waals surface area (Å²) < 4.78 is 36.6. The van der Waals surface area contributed by atoms with Crippen LogP contribution in [0.1, 0.15) is 93.1 Å². The molecule has 0 bridgehead atoms. The summed E-state index contributed by atoms with van der Waals surface area (Å²) in [5, 5.41) is 46.6. The molecule has 378 valence electrons. The monoisotopic (exact) mass is 943 g/mol. The first-order valence-corrected chi connectivity index (χ1v) is 24.2. The van der Waals surface area contributed by atoms with Gasteiger partial charge in [-0.15, -0.1) is 0 Å².